The van der Waals surface area contributed by atoms with Gasteiger partial charge in [0.25, 0.3) is 0 Å². The van der Waals surface area contributed by atoms with Crippen molar-refractivity contribution in [3.63, 3.8) is 0 Å². The van der Waals surface area contributed by atoms with Crippen molar-refractivity contribution in [2.45, 2.75) is 24.3 Å². The Kier molecular flexibility index (Phi) is 5.59. The molecule has 1 aromatic rings. The van der Waals surface area contributed by atoms with Crippen LogP contribution in [0.3, 0.4) is 0 Å². The van der Waals surface area contributed by atoms with E-state index in [2.05, 4.69) is 4.72 Å². The quantitative estimate of drug-likeness (QED) is 0.730. The number of sulfonamides is 1. The first kappa shape index (κ1) is 15.7. The molecule has 0 aromatic heterocycles. The lowest BCUT2D eigenvalue weighted by molar-refractivity contribution is 0.173. The van der Waals surface area contributed by atoms with Crippen LogP contribution in [0.15, 0.2) is 23.1 Å². The van der Waals surface area contributed by atoms with Gasteiger partial charge in [0, 0.05) is 19.2 Å². The standard InChI is InChI=1S/C12H20N2O4S/c1-4-9(8-17-2)14-19(15,16)12-6-5-10(18-3)7-11(12)13/h5-7,9,14H,4,8,13H2,1-3H3. The monoisotopic (exact) mass is 288 g/mol. The third-order valence-corrected chi connectivity index (χ3v) is 4.28. The molecule has 108 valence electrons. The summed E-state index contributed by atoms with van der Waals surface area (Å²) in [5.41, 5.74) is 5.90. The van der Waals surface area contributed by atoms with Gasteiger partial charge in [0.15, 0.2) is 0 Å². The highest BCUT2D eigenvalue weighted by Gasteiger charge is 2.21. The zero-order valence-electron chi connectivity index (χ0n) is 11.3. The number of hydrogen-bond acceptors (Lipinski definition) is 5. The minimum Gasteiger partial charge on any atom is -0.497 e. The predicted octanol–water partition coefficient (Wildman–Crippen LogP) is 0.981. The van der Waals surface area contributed by atoms with E-state index in [1.54, 1.807) is 6.07 Å². The van der Waals surface area contributed by atoms with E-state index in [0.29, 0.717) is 18.8 Å². The van der Waals surface area contributed by atoms with Gasteiger partial charge in [-0.1, -0.05) is 6.92 Å². The topological polar surface area (TPSA) is 90.6 Å². The molecule has 0 heterocycles. The van der Waals surface area contributed by atoms with Crippen LogP contribution >= 0.6 is 0 Å². The summed E-state index contributed by atoms with van der Waals surface area (Å²) in [7, 11) is -0.641. The Bertz CT molecular complexity index is 516. The van der Waals surface area contributed by atoms with Gasteiger partial charge in [-0.25, -0.2) is 13.1 Å². The van der Waals surface area contributed by atoms with Gasteiger partial charge in [-0.2, -0.15) is 0 Å². The van der Waals surface area contributed by atoms with Gasteiger partial charge in [-0.05, 0) is 18.6 Å². The molecule has 0 aliphatic carbocycles. The maximum atomic E-state index is 12.2. The van der Waals surface area contributed by atoms with Gasteiger partial charge in [-0.15, -0.1) is 0 Å². The lowest BCUT2D eigenvalue weighted by Crippen LogP contribution is -2.37. The highest BCUT2D eigenvalue weighted by molar-refractivity contribution is 7.89. The Morgan fingerprint density at radius 1 is 1.37 bits per heavy atom. The third kappa shape index (κ3) is 4.09. The van der Waals surface area contributed by atoms with Crippen LogP contribution < -0.4 is 15.2 Å². The zero-order valence-corrected chi connectivity index (χ0v) is 12.2. The van der Waals surface area contributed by atoms with Crippen LogP contribution in [-0.4, -0.2) is 35.3 Å². The van der Waals surface area contributed by atoms with Crippen LogP contribution in [0.4, 0.5) is 5.69 Å². The van der Waals surface area contributed by atoms with Crippen molar-refractivity contribution in [3.8, 4) is 5.75 Å². The number of anilines is 1. The molecule has 0 radical (unpaired) electrons. The second-order valence-corrected chi connectivity index (χ2v) is 5.77. The molecule has 1 unspecified atom stereocenters. The molecule has 7 heteroatoms. The number of rotatable bonds is 7. The van der Waals surface area contributed by atoms with Crippen molar-refractivity contribution < 1.29 is 17.9 Å². The van der Waals surface area contributed by atoms with Crippen molar-refractivity contribution in [1.29, 1.82) is 0 Å². The molecule has 0 fully saturated rings. The second kappa shape index (κ2) is 6.74. The number of ether oxygens (including phenoxy) is 2. The van der Waals surface area contributed by atoms with Gasteiger partial charge in [0.1, 0.15) is 10.6 Å². The Hall–Kier alpha value is -1.31. The summed E-state index contributed by atoms with van der Waals surface area (Å²) in [5, 5.41) is 0. The molecule has 0 saturated carbocycles. The number of nitrogens with two attached hydrogens (primary N) is 1. The Balaban J connectivity index is 3.00. The van der Waals surface area contributed by atoms with E-state index >= 15 is 0 Å². The molecule has 1 aromatic carbocycles. The maximum Gasteiger partial charge on any atom is 0.242 e. The maximum absolute atomic E-state index is 12.2. The van der Waals surface area contributed by atoms with Gasteiger partial charge in [-0.3, -0.25) is 0 Å². The number of nitrogen functional groups attached to an aromatic ring is 1. The minimum atomic E-state index is -3.66. The summed E-state index contributed by atoms with van der Waals surface area (Å²) in [6.45, 7) is 2.19. The molecule has 0 aliphatic rings. The molecule has 1 atom stereocenters. The van der Waals surface area contributed by atoms with Gasteiger partial charge >= 0.3 is 0 Å². The average Bonchev–Trinajstić information content (AvgIpc) is 2.37. The molecule has 19 heavy (non-hydrogen) atoms. The number of methoxy groups -OCH3 is 2. The number of hydrogen-bond donors (Lipinski definition) is 2. The highest BCUT2D eigenvalue weighted by Crippen LogP contribution is 2.23. The molecule has 0 bridgehead atoms. The van der Waals surface area contributed by atoms with Crippen LogP contribution in [0.2, 0.25) is 0 Å². The highest BCUT2D eigenvalue weighted by atomic mass is 32.2. The van der Waals surface area contributed by atoms with E-state index in [1.165, 1.54) is 26.4 Å². The number of benzene rings is 1. The first-order valence-corrected chi connectivity index (χ1v) is 7.37. The molecule has 0 saturated heterocycles. The summed E-state index contributed by atoms with van der Waals surface area (Å²) < 4.78 is 36.9. The van der Waals surface area contributed by atoms with E-state index in [1.807, 2.05) is 6.92 Å². The van der Waals surface area contributed by atoms with E-state index in [-0.39, 0.29) is 16.6 Å². The minimum absolute atomic E-state index is 0.0443. The van der Waals surface area contributed by atoms with Crippen molar-refractivity contribution in [2.24, 2.45) is 0 Å². The summed E-state index contributed by atoms with van der Waals surface area (Å²) >= 11 is 0. The summed E-state index contributed by atoms with van der Waals surface area (Å²) in [5.74, 6) is 0.514. The molecule has 3 N–H and O–H groups in total. The fourth-order valence-electron chi connectivity index (χ4n) is 1.62. The lowest BCUT2D eigenvalue weighted by atomic mass is 10.3. The smallest absolute Gasteiger partial charge is 0.242 e. The van der Waals surface area contributed by atoms with Crippen molar-refractivity contribution in [3.05, 3.63) is 18.2 Å². The van der Waals surface area contributed by atoms with E-state index < -0.39 is 10.0 Å². The predicted molar refractivity (Wildman–Crippen MR) is 73.7 cm³/mol. The first-order valence-electron chi connectivity index (χ1n) is 5.89. The van der Waals surface area contributed by atoms with Crippen LogP contribution in [0.25, 0.3) is 0 Å². The normalized spacial score (nSPS) is 13.2. The summed E-state index contributed by atoms with van der Waals surface area (Å²) in [6.07, 6.45) is 0.628. The van der Waals surface area contributed by atoms with Crippen LogP contribution in [-0.2, 0) is 14.8 Å². The summed E-state index contributed by atoms with van der Waals surface area (Å²) in [4.78, 5) is 0.0443. The van der Waals surface area contributed by atoms with Crippen molar-refractivity contribution >= 4 is 15.7 Å². The van der Waals surface area contributed by atoms with Crippen LogP contribution in [0, 0.1) is 0 Å². The first-order chi connectivity index (χ1) is 8.94. The molecular weight excluding hydrogens is 268 g/mol. The second-order valence-electron chi connectivity index (χ2n) is 4.09. The fourth-order valence-corrected chi connectivity index (χ4v) is 3.03. The molecule has 0 aliphatic heterocycles. The van der Waals surface area contributed by atoms with E-state index in [0.717, 1.165) is 0 Å². The largest absolute Gasteiger partial charge is 0.497 e. The van der Waals surface area contributed by atoms with Crippen molar-refractivity contribution in [1.82, 2.24) is 4.72 Å². The van der Waals surface area contributed by atoms with Gasteiger partial charge in [0.2, 0.25) is 10.0 Å². The SMILES string of the molecule is CCC(COC)NS(=O)(=O)c1ccc(OC)cc1N. The number of nitrogens with one attached hydrogen (secondary N) is 1. The molecule has 0 amide bonds. The van der Waals surface area contributed by atoms with Gasteiger partial charge < -0.3 is 15.2 Å². The lowest BCUT2D eigenvalue weighted by Gasteiger charge is -2.17. The van der Waals surface area contributed by atoms with E-state index in [9.17, 15) is 8.42 Å². The zero-order chi connectivity index (χ0) is 14.5. The molecule has 6 nitrogen and oxygen atoms in total. The van der Waals surface area contributed by atoms with Crippen LogP contribution in [0.5, 0.6) is 5.75 Å². The average molecular weight is 288 g/mol. The van der Waals surface area contributed by atoms with Crippen LogP contribution in [0.1, 0.15) is 13.3 Å². The molecule has 1 rings (SSSR count). The Morgan fingerprint density at radius 2 is 2.05 bits per heavy atom. The third-order valence-electron chi connectivity index (χ3n) is 2.69. The van der Waals surface area contributed by atoms with Gasteiger partial charge in [0.05, 0.1) is 19.4 Å². The Morgan fingerprint density at radius 3 is 2.53 bits per heavy atom. The van der Waals surface area contributed by atoms with E-state index in [4.69, 9.17) is 15.2 Å². The molecule has 0 spiro atoms. The van der Waals surface area contributed by atoms with Crippen molar-refractivity contribution in [2.75, 3.05) is 26.6 Å². The molecular formula is C12H20N2O4S. The fraction of sp³-hybridized carbons (Fsp3) is 0.500. The Labute approximate surface area is 113 Å². The summed E-state index contributed by atoms with van der Waals surface area (Å²) in [6, 6.07) is 4.18.